The van der Waals surface area contributed by atoms with Crippen LogP contribution in [-0.2, 0) is 22.6 Å². The molecule has 0 aliphatic carbocycles. The lowest BCUT2D eigenvalue weighted by atomic mass is 10.1. The number of esters is 1. The number of carbonyl (C=O) groups is 1. The Kier molecular flexibility index (Phi) is 5.12. The number of carbonyl (C=O) groups excluding carboxylic acids is 1. The molecule has 0 radical (unpaired) electrons. The van der Waals surface area contributed by atoms with Crippen molar-refractivity contribution in [2.24, 2.45) is 0 Å². The number of halogens is 1. The van der Waals surface area contributed by atoms with E-state index >= 15 is 0 Å². The van der Waals surface area contributed by atoms with Gasteiger partial charge in [0.05, 0.1) is 18.4 Å². The fourth-order valence-electron chi connectivity index (χ4n) is 2.05. The largest absolute Gasteiger partial charge is 0.496 e. The molecule has 0 saturated carbocycles. The van der Waals surface area contributed by atoms with E-state index in [1.165, 1.54) is 18.4 Å². The van der Waals surface area contributed by atoms with Crippen LogP contribution >= 0.6 is 22.9 Å². The SMILES string of the molecule is COc1ccc(Cl)cc1CC(=O)OCc1nc(-c2cccs2)no1. The number of hydrogen-bond donors (Lipinski definition) is 0. The van der Waals surface area contributed by atoms with Crippen LogP contribution < -0.4 is 4.74 Å². The van der Waals surface area contributed by atoms with E-state index < -0.39 is 5.97 Å². The number of nitrogens with zero attached hydrogens (tertiary/aromatic N) is 2. The van der Waals surface area contributed by atoms with Crippen LogP contribution in [0.1, 0.15) is 11.5 Å². The molecule has 0 unspecified atom stereocenters. The van der Waals surface area contributed by atoms with Gasteiger partial charge in [-0.05, 0) is 29.6 Å². The first-order chi connectivity index (χ1) is 11.7. The molecule has 8 heteroatoms. The summed E-state index contributed by atoms with van der Waals surface area (Å²) < 4.78 is 15.4. The predicted molar refractivity (Wildman–Crippen MR) is 89.1 cm³/mol. The van der Waals surface area contributed by atoms with Crippen LogP contribution in [0.15, 0.2) is 40.2 Å². The van der Waals surface area contributed by atoms with Crippen LogP contribution in [0.4, 0.5) is 0 Å². The Bertz CT molecular complexity index is 832. The maximum Gasteiger partial charge on any atom is 0.310 e. The molecule has 0 aliphatic heterocycles. The Hall–Kier alpha value is -2.38. The summed E-state index contributed by atoms with van der Waals surface area (Å²) in [7, 11) is 1.53. The number of aromatic nitrogens is 2. The number of thiophene rings is 1. The first-order valence-electron chi connectivity index (χ1n) is 7.00. The lowest BCUT2D eigenvalue weighted by Crippen LogP contribution is -2.09. The minimum atomic E-state index is -0.438. The van der Waals surface area contributed by atoms with Gasteiger partial charge in [0.1, 0.15) is 5.75 Å². The van der Waals surface area contributed by atoms with Crippen LogP contribution in [0.25, 0.3) is 10.7 Å². The van der Waals surface area contributed by atoms with E-state index in [-0.39, 0.29) is 18.9 Å². The van der Waals surface area contributed by atoms with Crippen molar-refractivity contribution in [2.45, 2.75) is 13.0 Å². The summed E-state index contributed by atoms with van der Waals surface area (Å²) in [6.45, 7) is -0.0832. The highest BCUT2D eigenvalue weighted by molar-refractivity contribution is 7.13. The molecular weight excluding hydrogens is 352 g/mol. The summed E-state index contributed by atoms with van der Waals surface area (Å²) in [5.74, 6) is 0.859. The van der Waals surface area contributed by atoms with Gasteiger partial charge in [0.2, 0.25) is 5.82 Å². The van der Waals surface area contributed by atoms with Gasteiger partial charge in [-0.2, -0.15) is 4.98 Å². The van der Waals surface area contributed by atoms with Crippen molar-refractivity contribution in [3.8, 4) is 16.5 Å². The molecule has 3 aromatic rings. The fourth-order valence-corrected chi connectivity index (χ4v) is 2.90. The fraction of sp³-hybridized carbons (Fsp3) is 0.188. The molecule has 0 aliphatic rings. The van der Waals surface area contributed by atoms with E-state index in [0.29, 0.717) is 22.2 Å². The van der Waals surface area contributed by atoms with Gasteiger partial charge < -0.3 is 14.0 Å². The van der Waals surface area contributed by atoms with Crippen molar-refractivity contribution in [3.05, 3.63) is 52.2 Å². The van der Waals surface area contributed by atoms with Crippen LogP contribution in [0.2, 0.25) is 5.02 Å². The molecule has 6 nitrogen and oxygen atoms in total. The minimum Gasteiger partial charge on any atom is -0.496 e. The molecule has 0 atom stereocenters. The molecule has 0 bridgehead atoms. The maximum atomic E-state index is 12.0. The number of hydrogen-bond acceptors (Lipinski definition) is 7. The highest BCUT2D eigenvalue weighted by Crippen LogP contribution is 2.24. The van der Waals surface area contributed by atoms with Gasteiger partial charge in [-0.15, -0.1) is 11.3 Å². The molecule has 3 rings (SSSR count). The van der Waals surface area contributed by atoms with E-state index in [2.05, 4.69) is 10.1 Å². The number of rotatable bonds is 6. The molecule has 0 saturated heterocycles. The average molecular weight is 365 g/mol. The quantitative estimate of drug-likeness (QED) is 0.620. The normalized spacial score (nSPS) is 10.6. The highest BCUT2D eigenvalue weighted by atomic mass is 35.5. The molecule has 1 aromatic carbocycles. The van der Waals surface area contributed by atoms with Crippen LogP contribution in [-0.4, -0.2) is 23.2 Å². The van der Waals surface area contributed by atoms with Gasteiger partial charge in [0.25, 0.3) is 5.89 Å². The monoisotopic (exact) mass is 364 g/mol. The van der Waals surface area contributed by atoms with Crippen molar-refractivity contribution < 1.29 is 18.8 Å². The Labute approximate surface area is 147 Å². The number of ether oxygens (including phenoxy) is 2. The van der Waals surface area contributed by atoms with Crippen molar-refractivity contribution in [3.63, 3.8) is 0 Å². The van der Waals surface area contributed by atoms with Crippen molar-refractivity contribution in [1.29, 1.82) is 0 Å². The van der Waals surface area contributed by atoms with E-state index in [9.17, 15) is 4.79 Å². The minimum absolute atomic E-state index is 0.0374. The van der Waals surface area contributed by atoms with Gasteiger partial charge in [-0.25, -0.2) is 0 Å². The van der Waals surface area contributed by atoms with E-state index in [0.717, 1.165) is 4.88 Å². The summed E-state index contributed by atoms with van der Waals surface area (Å²) in [4.78, 5) is 17.1. The first-order valence-corrected chi connectivity index (χ1v) is 8.26. The van der Waals surface area contributed by atoms with E-state index in [1.54, 1.807) is 18.2 Å². The lowest BCUT2D eigenvalue weighted by molar-refractivity contribution is -0.144. The molecule has 0 amide bonds. The van der Waals surface area contributed by atoms with Crippen LogP contribution in [0.3, 0.4) is 0 Å². The van der Waals surface area contributed by atoms with Gasteiger partial charge in [-0.3, -0.25) is 4.79 Å². The first kappa shape index (κ1) is 16.5. The number of methoxy groups -OCH3 is 1. The van der Waals surface area contributed by atoms with Crippen molar-refractivity contribution >= 4 is 28.9 Å². The molecule has 2 aromatic heterocycles. The van der Waals surface area contributed by atoms with Gasteiger partial charge in [0, 0.05) is 10.6 Å². The summed E-state index contributed by atoms with van der Waals surface area (Å²) in [5.41, 5.74) is 0.653. The molecule has 2 heterocycles. The molecular formula is C16H13ClN2O4S. The maximum absolute atomic E-state index is 12.0. The zero-order valence-electron chi connectivity index (χ0n) is 12.7. The Morgan fingerprint density at radius 1 is 1.38 bits per heavy atom. The zero-order chi connectivity index (χ0) is 16.9. The van der Waals surface area contributed by atoms with Gasteiger partial charge in [0.15, 0.2) is 6.61 Å². The second kappa shape index (κ2) is 7.46. The Morgan fingerprint density at radius 2 is 2.25 bits per heavy atom. The average Bonchev–Trinajstić information content (AvgIpc) is 3.24. The molecule has 0 fully saturated rings. The zero-order valence-corrected chi connectivity index (χ0v) is 14.3. The molecule has 124 valence electrons. The van der Waals surface area contributed by atoms with Crippen molar-refractivity contribution in [2.75, 3.05) is 7.11 Å². The van der Waals surface area contributed by atoms with E-state index in [1.807, 2.05) is 17.5 Å². The Balaban J connectivity index is 1.59. The highest BCUT2D eigenvalue weighted by Gasteiger charge is 2.14. The van der Waals surface area contributed by atoms with Gasteiger partial charge in [-0.1, -0.05) is 22.8 Å². The van der Waals surface area contributed by atoms with Crippen molar-refractivity contribution in [1.82, 2.24) is 10.1 Å². The topological polar surface area (TPSA) is 74.5 Å². The predicted octanol–water partition coefficient (Wildman–Crippen LogP) is 3.75. The second-order valence-corrected chi connectivity index (χ2v) is 6.17. The summed E-state index contributed by atoms with van der Waals surface area (Å²) >= 11 is 7.44. The van der Waals surface area contributed by atoms with E-state index in [4.69, 9.17) is 25.6 Å². The molecule has 0 spiro atoms. The van der Waals surface area contributed by atoms with Crippen LogP contribution in [0.5, 0.6) is 5.75 Å². The third kappa shape index (κ3) is 3.93. The summed E-state index contributed by atoms with van der Waals surface area (Å²) in [5, 5.41) is 6.30. The summed E-state index contributed by atoms with van der Waals surface area (Å²) in [6.07, 6.45) is 0.0374. The number of benzene rings is 1. The standard InChI is InChI=1S/C16H13ClN2O4S/c1-21-12-5-4-11(17)7-10(12)8-15(20)22-9-14-18-16(19-23-14)13-3-2-6-24-13/h2-7H,8-9H2,1H3. The van der Waals surface area contributed by atoms with Crippen LogP contribution in [0, 0.1) is 0 Å². The Morgan fingerprint density at radius 3 is 3.00 bits per heavy atom. The third-order valence-corrected chi connectivity index (χ3v) is 4.24. The molecule has 0 N–H and O–H groups in total. The second-order valence-electron chi connectivity index (χ2n) is 4.78. The lowest BCUT2D eigenvalue weighted by Gasteiger charge is -2.08. The summed E-state index contributed by atoms with van der Waals surface area (Å²) in [6, 6.07) is 8.85. The molecule has 24 heavy (non-hydrogen) atoms. The smallest absolute Gasteiger partial charge is 0.310 e. The third-order valence-electron chi connectivity index (χ3n) is 3.14. The van der Waals surface area contributed by atoms with Gasteiger partial charge >= 0.3 is 5.97 Å².